The highest BCUT2D eigenvalue weighted by Gasteiger charge is 2.22. The molecular formula is C9H10BrF2NO2. The van der Waals surface area contributed by atoms with Crippen molar-refractivity contribution in [2.45, 2.75) is 12.5 Å². The quantitative estimate of drug-likeness (QED) is 0.741. The maximum atomic E-state index is 13.4. The van der Waals surface area contributed by atoms with Gasteiger partial charge in [0.15, 0.2) is 0 Å². The smallest absolute Gasteiger partial charge is 0.149 e. The molecule has 0 saturated heterocycles. The minimum absolute atomic E-state index is 0.0467. The number of nitrogens with two attached hydrogens (primary N) is 1. The van der Waals surface area contributed by atoms with Crippen molar-refractivity contribution in [2.24, 2.45) is 5.73 Å². The molecular weight excluding hydrogens is 272 g/mol. The Morgan fingerprint density at radius 1 is 1.47 bits per heavy atom. The average Bonchev–Trinajstić information content (AvgIpc) is 2.15. The summed E-state index contributed by atoms with van der Waals surface area (Å²) in [6.07, 6.45) is -1.27. The van der Waals surface area contributed by atoms with Crippen LogP contribution in [0.5, 0.6) is 5.75 Å². The first-order valence-electron chi connectivity index (χ1n) is 4.23. The topological polar surface area (TPSA) is 66.5 Å². The Balaban J connectivity index is 3.23. The molecule has 0 saturated carbocycles. The lowest BCUT2D eigenvalue weighted by Crippen LogP contribution is -2.10. The van der Waals surface area contributed by atoms with Crippen molar-refractivity contribution in [3.63, 3.8) is 0 Å². The molecule has 0 aromatic heterocycles. The van der Waals surface area contributed by atoms with E-state index in [-0.39, 0.29) is 17.4 Å². The molecule has 1 rings (SSSR count). The molecule has 1 aromatic carbocycles. The van der Waals surface area contributed by atoms with Crippen LogP contribution in [0.25, 0.3) is 0 Å². The van der Waals surface area contributed by atoms with Crippen LogP contribution in [0.2, 0.25) is 0 Å². The Morgan fingerprint density at radius 2 is 2.07 bits per heavy atom. The number of aliphatic hydroxyl groups is 1. The summed E-state index contributed by atoms with van der Waals surface area (Å²) < 4.78 is 26.4. The van der Waals surface area contributed by atoms with Gasteiger partial charge in [-0.3, -0.25) is 0 Å². The van der Waals surface area contributed by atoms with E-state index in [1.165, 1.54) is 0 Å². The summed E-state index contributed by atoms with van der Waals surface area (Å²) in [5, 5.41) is 18.5. The largest absolute Gasteiger partial charge is 0.507 e. The second-order valence-electron chi connectivity index (χ2n) is 3.01. The second-order valence-corrected chi connectivity index (χ2v) is 3.81. The molecule has 0 heterocycles. The fourth-order valence-corrected chi connectivity index (χ4v) is 1.53. The molecule has 0 fully saturated rings. The van der Waals surface area contributed by atoms with Crippen molar-refractivity contribution in [1.82, 2.24) is 0 Å². The van der Waals surface area contributed by atoms with Crippen LogP contribution < -0.4 is 5.73 Å². The highest BCUT2D eigenvalue weighted by atomic mass is 79.9. The lowest BCUT2D eigenvalue weighted by atomic mass is 10.1. The highest BCUT2D eigenvalue weighted by molar-refractivity contribution is 9.10. The molecule has 0 radical (unpaired) electrons. The van der Waals surface area contributed by atoms with Crippen LogP contribution in [0.15, 0.2) is 10.5 Å². The van der Waals surface area contributed by atoms with E-state index in [0.29, 0.717) is 0 Å². The monoisotopic (exact) mass is 281 g/mol. The van der Waals surface area contributed by atoms with Gasteiger partial charge in [-0.05, 0) is 28.9 Å². The maximum Gasteiger partial charge on any atom is 0.149 e. The number of hydrogen-bond acceptors (Lipinski definition) is 3. The van der Waals surface area contributed by atoms with E-state index in [2.05, 4.69) is 15.9 Å². The summed E-state index contributed by atoms with van der Waals surface area (Å²) in [6.45, 7) is 0.110. The van der Waals surface area contributed by atoms with E-state index in [1.54, 1.807) is 0 Å². The number of rotatable bonds is 3. The van der Waals surface area contributed by atoms with E-state index in [4.69, 9.17) is 10.8 Å². The van der Waals surface area contributed by atoms with Crippen LogP contribution >= 0.6 is 15.9 Å². The number of halogens is 3. The van der Waals surface area contributed by atoms with E-state index in [1.807, 2.05) is 0 Å². The van der Waals surface area contributed by atoms with Crippen LogP contribution in [-0.2, 0) is 0 Å². The molecule has 0 spiro atoms. The molecule has 6 heteroatoms. The minimum Gasteiger partial charge on any atom is -0.507 e. The number of aliphatic hydroxyl groups excluding tert-OH is 1. The predicted octanol–water partition coefficient (Wildman–Crippen LogP) is 1.82. The predicted molar refractivity (Wildman–Crippen MR) is 54.4 cm³/mol. The van der Waals surface area contributed by atoms with Crippen molar-refractivity contribution in [3.8, 4) is 5.75 Å². The van der Waals surface area contributed by atoms with Gasteiger partial charge in [-0.15, -0.1) is 0 Å². The van der Waals surface area contributed by atoms with Crippen molar-refractivity contribution in [3.05, 3.63) is 27.7 Å². The molecule has 0 amide bonds. The van der Waals surface area contributed by atoms with Gasteiger partial charge in [-0.1, -0.05) is 0 Å². The molecule has 4 N–H and O–H groups in total. The van der Waals surface area contributed by atoms with Crippen molar-refractivity contribution in [1.29, 1.82) is 0 Å². The van der Waals surface area contributed by atoms with Crippen LogP contribution in [0.4, 0.5) is 8.78 Å². The van der Waals surface area contributed by atoms with Crippen LogP contribution in [0, 0.1) is 11.6 Å². The SMILES string of the molecule is NCCC(O)c1c(F)cc(O)c(Br)c1F. The van der Waals surface area contributed by atoms with Gasteiger partial charge in [0.1, 0.15) is 17.4 Å². The number of phenols is 1. The van der Waals surface area contributed by atoms with Gasteiger partial charge in [-0.2, -0.15) is 0 Å². The van der Waals surface area contributed by atoms with Crippen LogP contribution in [-0.4, -0.2) is 16.8 Å². The fourth-order valence-electron chi connectivity index (χ4n) is 1.20. The molecule has 1 aromatic rings. The van der Waals surface area contributed by atoms with Gasteiger partial charge < -0.3 is 15.9 Å². The lowest BCUT2D eigenvalue weighted by molar-refractivity contribution is 0.160. The third kappa shape index (κ3) is 2.45. The normalized spacial score (nSPS) is 12.9. The van der Waals surface area contributed by atoms with Gasteiger partial charge in [0.2, 0.25) is 0 Å². The molecule has 1 atom stereocenters. The Labute approximate surface area is 93.7 Å². The van der Waals surface area contributed by atoms with E-state index in [0.717, 1.165) is 6.07 Å². The summed E-state index contributed by atoms with van der Waals surface area (Å²) in [6, 6.07) is 0.738. The third-order valence-electron chi connectivity index (χ3n) is 1.95. The first-order valence-corrected chi connectivity index (χ1v) is 5.02. The Kier molecular flexibility index (Phi) is 4.01. The second kappa shape index (κ2) is 4.87. The minimum atomic E-state index is -1.31. The molecule has 84 valence electrons. The lowest BCUT2D eigenvalue weighted by Gasteiger charge is -2.13. The van der Waals surface area contributed by atoms with Gasteiger partial charge in [0.05, 0.1) is 16.1 Å². The van der Waals surface area contributed by atoms with Gasteiger partial charge >= 0.3 is 0 Å². The van der Waals surface area contributed by atoms with E-state index in [9.17, 15) is 13.9 Å². The van der Waals surface area contributed by atoms with Gasteiger partial charge in [0.25, 0.3) is 0 Å². The third-order valence-corrected chi connectivity index (χ3v) is 2.70. The Hall–Kier alpha value is -0.720. The molecule has 0 aliphatic carbocycles. The first-order chi connectivity index (χ1) is 6.99. The van der Waals surface area contributed by atoms with Crippen molar-refractivity contribution in [2.75, 3.05) is 6.54 Å². The first kappa shape index (κ1) is 12.4. The number of hydrogen-bond donors (Lipinski definition) is 3. The van der Waals surface area contributed by atoms with Crippen molar-refractivity contribution < 1.29 is 19.0 Å². The molecule has 3 nitrogen and oxygen atoms in total. The summed E-state index contributed by atoms with van der Waals surface area (Å²) in [5.74, 6) is -2.55. The van der Waals surface area contributed by atoms with Crippen LogP contribution in [0.3, 0.4) is 0 Å². The summed E-state index contributed by atoms with van der Waals surface area (Å²) in [7, 11) is 0. The number of phenolic OH excluding ortho intramolecular Hbond substituents is 1. The molecule has 0 bridgehead atoms. The Bertz CT molecular complexity index is 374. The highest BCUT2D eigenvalue weighted by Crippen LogP contribution is 2.34. The summed E-state index contributed by atoms with van der Waals surface area (Å²) in [5.41, 5.74) is 4.69. The average molecular weight is 282 g/mol. The molecule has 0 aliphatic rings. The summed E-state index contributed by atoms with van der Waals surface area (Å²) in [4.78, 5) is 0. The van der Waals surface area contributed by atoms with Crippen LogP contribution in [0.1, 0.15) is 18.1 Å². The van der Waals surface area contributed by atoms with Gasteiger partial charge in [0, 0.05) is 6.07 Å². The fraction of sp³-hybridized carbons (Fsp3) is 0.333. The maximum absolute atomic E-state index is 13.4. The molecule has 15 heavy (non-hydrogen) atoms. The number of aromatic hydroxyl groups is 1. The zero-order valence-electron chi connectivity index (χ0n) is 7.67. The van der Waals surface area contributed by atoms with E-state index >= 15 is 0 Å². The van der Waals surface area contributed by atoms with E-state index < -0.39 is 29.1 Å². The van der Waals surface area contributed by atoms with Gasteiger partial charge in [-0.25, -0.2) is 8.78 Å². The standard InChI is InChI=1S/C9H10BrF2NO2/c10-8-6(15)3-4(11)7(9(8)12)5(14)1-2-13/h3,5,14-15H,1-2,13H2. The molecule has 1 unspecified atom stereocenters. The number of benzene rings is 1. The zero-order valence-corrected chi connectivity index (χ0v) is 9.26. The zero-order chi connectivity index (χ0) is 11.6. The Morgan fingerprint density at radius 3 is 2.60 bits per heavy atom. The molecule has 0 aliphatic heterocycles. The van der Waals surface area contributed by atoms with Crippen molar-refractivity contribution >= 4 is 15.9 Å². The summed E-state index contributed by atoms with van der Waals surface area (Å²) >= 11 is 2.75.